The molecule has 2 atom stereocenters. The third-order valence-corrected chi connectivity index (χ3v) is 11.6. The molecule has 3 N–H and O–H groups in total. The number of rotatable bonds is 10. The largest absolute Gasteiger partial charge is 0.537 e. The fourth-order valence-corrected chi connectivity index (χ4v) is 7.47. The summed E-state index contributed by atoms with van der Waals surface area (Å²) in [5, 5.41) is 27.5. The first-order valence-electron chi connectivity index (χ1n) is 12.9. The lowest BCUT2D eigenvalue weighted by molar-refractivity contribution is -0.259. The maximum atomic E-state index is 13.1. The predicted molar refractivity (Wildman–Crippen MR) is 160 cm³/mol. The lowest BCUT2D eigenvalue weighted by Crippen LogP contribution is -2.57. The molecule has 0 spiro atoms. The van der Waals surface area contributed by atoms with Crippen LogP contribution < -0.4 is 10.4 Å². The van der Waals surface area contributed by atoms with E-state index in [0.717, 1.165) is 19.1 Å². The monoisotopic (exact) mass is 720 g/mol. The Hall–Kier alpha value is -0.916. The zero-order valence-electron chi connectivity index (χ0n) is 24.4. The number of aliphatic hydroxyl groups excluding tert-OH is 1. The van der Waals surface area contributed by atoms with Crippen LogP contribution in [0.2, 0.25) is 0 Å². The second-order valence-electron chi connectivity index (χ2n) is 8.97. The number of alkyl halides is 6. The van der Waals surface area contributed by atoms with Gasteiger partial charge in [0.15, 0.2) is 11.2 Å². The maximum absolute atomic E-state index is 13.1. The second kappa shape index (κ2) is 17.1. The molecule has 0 aromatic heterocycles. The van der Waals surface area contributed by atoms with Gasteiger partial charge in [0.2, 0.25) is 0 Å². The van der Waals surface area contributed by atoms with Crippen LogP contribution in [0.3, 0.4) is 0 Å². The van der Waals surface area contributed by atoms with Gasteiger partial charge >= 0.3 is 27.2 Å². The lowest BCUT2D eigenvalue weighted by atomic mass is 9.96. The Balaban J connectivity index is 0.000000779. The van der Waals surface area contributed by atoms with Gasteiger partial charge in [-0.15, -0.1) is 33.2 Å². The van der Waals surface area contributed by atoms with Crippen LogP contribution in [0.4, 0.5) is 26.3 Å². The standard InChI is InChI=1S/C15H23F3O4Si.C9H8Cl3F3OSi.C2H6O/c1-5-20-23(21-6-2,22-7-3)13-10-8-9-12(11-13)14(4,19)15(16,17)18;1-8(16,9(13,14)15)6-3-2-4-7(5-6)17(10,11)12;1-2-3/h8-11,19H,5-7H2,1-4H3;2-5,16H,1H3;3H,2H2,1H3. The van der Waals surface area contributed by atoms with E-state index >= 15 is 0 Å². The van der Waals surface area contributed by atoms with E-state index < -0.39 is 38.4 Å². The van der Waals surface area contributed by atoms with Gasteiger partial charge in [0.25, 0.3) is 0 Å². The molecule has 6 nitrogen and oxygen atoms in total. The summed E-state index contributed by atoms with van der Waals surface area (Å²) < 4.78 is 94.1. The van der Waals surface area contributed by atoms with Crippen LogP contribution in [0.15, 0.2) is 48.5 Å². The highest BCUT2D eigenvalue weighted by molar-refractivity contribution is 7.69. The molecule has 248 valence electrons. The van der Waals surface area contributed by atoms with Crippen molar-refractivity contribution in [2.24, 2.45) is 0 Å². The third-order valence-electron chi connectivity index (χ3n) is 5.64. The van der Waals surface area contributed by atoms with Crippen LogP contribution in [0, 0.1) is 0 Å². The summed E-state index contributed by atoms with van der Waals surface area (Å²) >= 11 is 17.1. The number of hydrogen-bond acceptors (Lipinski definition) is 6. The second-order valence-corrected chi connectivity index (χ2v) is 19.9. The van der Waals surface area contributed by atoms with Crippen molar-refractivity contribution in [1.29, 1.82) is 0 Å². The van der Waals surface area contributed by atoms with Crippen molar-refractivity contribution >= 4 is 58.4 Å². The first-order valence-corrected chi connectivity index (χ1v) is 19.7. The Kier molecular flexibility index (Phi) is 16.8. The van der Waals surface area contributed by atoms with Gasteiger partial charge in [0.05, 0.1) is 0 Å². The maximum Gasteiger partial charge on any atom is 0.537 e. The molecule has 0 bridgehead atoms. The number of aliphatic hydroxyl groups is 3. The summed E-state index contributed by atoms with van der Waals surface area (Å²) in [6.45, 7) is 9.48. The normalized spacial score (nSPS) is 15.3. The average molecular weight is 722 g/mol. The lowest BCUT2D eigenvalue weighted by Gasteiger charge is -2.31. The topological polar surface area (TPSA) is 88.4 Å². The molecule has 0 aliphatic carbocycles. The fraction of sp³-hybridized carbons (Fsp3) is 0.538. The van der Waals surface area contributed by atoms with Crippen molar-refractivity contribution in [3.05, 3.63) is 59.7 Å². The molecule has 0 heterocycles. The highest BCUT2D eigenvalue weighted by atomic mass is 35.8. The van der Waals surface area contributed by atoms with Crippen LogP contribution in [0.25, 0.3) is 0 Å². The van der Waals surface area contributed by atoms with Gasteiger partial charge in [-0.1, -0.05) is 42.5 Å². The van der Waals surface area contributed by atoms with Crippen LogP contribution in [0.1, 0.15) is 52.7 Å². The molecule has 0 radical (unpaired) electrons. The van der Waals surface area contributed by atoms with E-state index in [-0.39, 0.29) is 22.9 Å². The van der Waals surface area contributed by atoms with E-state index in [2.05, 4.69) is 0 Å². The molecule has 2 aromatic carbocycles. The van der Waals surface area contributed by atoms with Crippen molar-refractivity contribution in [2.75, 3.05) is 26.4 Å². The van der Waals surface area contributed by atoms with Crippen molar-refractivity contribution in [3.8, 4) is 0 Å². The van der Waals surface area contributed by atoms with E-state index in [1.807, 2.05) is 0 Å². The smallest absolute Gasteiger partial charge is 0.397 e. The molecule has 0 amide bonds. The number of hydrogen-bond donors (Lipinski definition) is 3. The summed E-state index contributed by atoms with van der Waals surface area (Å²) in [5.74, 6) is 0. The van der Waals surface area contributed by atoms with E-state index in [9.17, 15) is 36.6 Å². The highest BCUT2D eigenvalue weighted by Crippen LogP contribution is 2.39. The van der Waals surface area contributed by atoms with Gasteiger partial charge in [0.1, 0.15) is 0 Å². The van der Waals surface area contributed by atoms with Crippen molar-refractivity contribution in [3.63, 3.8) is 0 Å². The van der Waals surface area contributed by atoms with Gasteiger partial charge < -0.3 is 28.6 Å². The molecule has 17 heteroatoms. The van der Waals surface area contributed by atoms with Crippen LogP contribution in [-0.4, -0.2) is 68.9 Å². The van der Waals surface area contributed by atoms with Gasteiger partial charge in [-0.2, -0.15) is 26.3 Å². The summed E-state index contributed by atoms with van der Waals surface area (Å²) in [6, 6.07) is 7.20. The first-order chi connectivity index (χ1) is 19.5. The zero-order valence-corrected chi connectivity index (χ0v) is 28.7. The van der Waals surface area contributed by atoms with Crippen molar-refractivity contribution in [2.45, 2.75) is 65.1 Å². The van der Waals surface area contributed by atoms with Gasteiger partial charge in [0, 0.05) is 31.6 Å². The van der Waals surface area contributed by atoms with Crippen LogP contribution in [-0.2, 0) is 24.5 Å². The summed E-state index contributed by atoms with van der Waals surface area (Å²) in [7, 11) is -3.32. The Morgan fingerprint density at radius 3 is 1.23 bits per heavy atom. The minimum atomic E-state index is -4.79. The van der Waals surface area contributed by atoms with Crippen molar-refractivity contribution < 1.29 is 54.9 Å². The Morgan fingerprint density at radius 2 is 0.953 bits per heavy atom. The van der Waals surface area contributed by atoms with E-state index in [0.29, 0.717) is 31.9 Å². The van der Waals surface area contributed by atoms with Crippen LogP contribution >= 0.6 is 33.2 Å². The molecule has 43 heavy (non-hydrogen) atoms. The van der Waals surface area contributed by atoms with Crippen LogP contribution in [0.5, 0.6) is 0 Å². The van der Waals surface area contributed by atoms with Gasteiger partial charge in [-0.25, -0.2) is 0 Å². The van der Waals surface area contributed by atoms with E-state index in [1.54, 1.807) is 33.8 Å². The molecule has 2 unspecified atom stereocenters. The van der Waals surface area contributed by atoms with Crippen molar-refractivity contribution in [1.82, 2.24) is 0 Å². The molecule has 0 saturated heterocycles. The SMILES string of the molecule is CC(O)(c1cccc([Si](Cl)(Cl)Cl)c1)C(F)(F)F.CCO.CCO[Si](OCC)(OCC)c1cccc(C(C)(O)C(F)(F)F)c1. The number of halogens is 9. The summed E-state index contributed by atoms with van der Waals surface area (Å²) in [6.07, 6.45) is -9.58. The molecule has 0 fully saturated rings. The van der Waals surface area contributed by atoms with Gasteiger partial charge in [-0.3, -0.25) is 0 Å². The highest BCUT2D eigenvalue weighted by Gasteiger charge is 2.53. The minimum Gasteiger partial charge on any atom is -0.397 e. The molecular weight excluding hydrogens is 685 g/mol. The summed E-state index contributed by atoms with van der Waals surface area (Å²) in [4.78, 5) is 0. The average Bonchev–Trinajstić information content (AvgIpc) is 2.88. The quantitative estimate of drug-likeness (QED) is 0.158. The minimum absolute atomic E-state index is 0.199. The Morgan fingerprint density at radius 1 is 0.651 bits per heavy atom. The third kappa shape index (κ3) is 11.7. The fourth-order valence-electron chi connectivity index (χ4n) is 3.28. The van der Waals surface area contributed by atoms with E-state index in [4.69, 9.17) is 51.6 Å². The van der Waals surface area contributed by atoms with E-state index in [1.165, 1.54) is 30.3 Å². The number of benzene rings is 2. The molecule has 2 aromatic rings. The molecule has 0 aliphatic rings. The molecule has 0 aliphatic heterocycles. The van der Waals surface area contributed by atoms with Gasteiger partial charge in [-0.05, 0) is 63.9 Å². The Labute approximate surface area is 263 Å². The summed E-state index contributed by atoms with van der Waals surface area (Å²) in [5.41, 5.74) is -6.55. The molecule has 2 rings (SSSR count). The molecular formula is C26H37Cl3F6O6Si2. The Bertz CT molecular complexity index is 1100. The first kappa shape index (κ1) is 42.1. The molecule has 0 saturated carbocycles. The predicted octanol–water partition coefficient (Wildman–Crippen LogP) is 6.03. The zero-order chi connectivity index (χ0) is 33.9.